The van der Waals surface area contributed by atoms with Gasteiger partial charge in [0.05, 0.1) is 16.3 Å². The minimum atomic E-state index is -3.63. The Balaban J connectivity index is 1.31. The van der Waals surface area contributed by atoms with E-state index in [-0.39, 0.29) is 23.3 Å². The van der Waals surface area contributed by atoms with Crippen LogP contribution in [0.4, 0.5) is 5.69 Å². The van der Waals surface area contributed by atoms with Crippen LogP contribution < -0.4 is 10.6 Å². The molecule has 0 bridgehead atoms. The van der Waals surface area contributed by atoms with Crippen LogP contribution >= 0.6 is 27.5 Å². The van der Waals surface area contributed by atoms with Crippen molar-refractivity contribution in [1.29, 1.82) is 0 Å². The second kappa shape index (κ2) is 10.4. The Kier molecular flexibility index (Phi) is 7.53. The number of carbonyl (C=O) groups is 1. The Morgan fingerprint density at radius 1 is 1.15 bits per heavy atom. The van der Waals surface area contributed by atoms with Gasteiger partial charge in [0.2, 0.25) is 15.9 Å². The summed E-state index contributed by atoms with van der Waals surface area (Å²) in [6, 6.07) is 14.0. The largest absolute Gasteiger partial charge is 0.383 e. The number of pyridine rings is 1. The number of amides is 1. The molecule has 33 heavy (non-hydrogen) atoms. The van der Waals surface area contributed by atoms with Gasteiger partial charge in [-0.15, -0.1) is 0 Å². The Hall–Kier alpha value is -2.20. The van der Waals surface area contributed by atoms with E-state index in [1.165, 1.54) is 4.31 Å². The molecule has 2 heterocycles. The van der Waals surface area contributed by atoms with E-state index in [0.717, 1.165) is 21.1 Å². The van der Waals surface area contributed by atoms with Crippen molar-refractivity contribution in [3.63, 3.8) is 0 Å². The fourth-order valence-electron chi connectivity index (χ4n) is 3.93. The molecule has 1 aromatic heterocycles. The number of carbonyl (C=O) groups excluding carboxylic acids is 1. The number of hydrogen-bond acceptors (Lipinski definition) is 5. The lowest BCUT2D eigenvalue weighted by Crippen LogP contribution is -2.46. The van der Waals surface area contributed by atoms with E-state index in [1.807, 2.05) is 18.2 Å². The molecular weight excluding hydrogens is 528 g/mol. The van der Waals surface area contributed by atoms with Gasteiger partial charge in [0.15, 0.2) is 0 Å². The summed E-state index contributed by atoms with van der Waals surface area (Å²) in [7, 11) is -3.63. The normalized spacial score (nSPS) is 17.1. The number of nitrogens with one attached hydrogen (secondary N) is 2. The Morgan fingerprint density at radius 3 is 2.73 bits per heavy atom. The van der Waals surface area contributed by atoms with Crippen LogP contribution in [0.25, 0.3) is 10.9 Å². The number of hydrogen-bond donors (Lipinski definition) is 2. The SMILES string of the molecule is O=C(NCCNc1ccnc2cc(Cl)ccc12)[C@H]1CCCN(S(=O)(=O)c2ccc(Br)cc2)C1. The molecular formula is C23H24BrClN4O3S. The number of benzene rings is 2. The average Bonchev–Trinajstić information content (AvgIpc) is 2.82. The van der Waals surface area contributed by atoms with Gasteiger partial charge in [0.1, 0.15) is 0 Å². The van der Waals surface area contributed by atoms with Crippen molar-refractivity contribution in [2.45, 2.75) is 17.7 Å². The Bertz CT molecular complexity index is 1250. The summed E-state index contributed by atoms with van der Waals surface area (Å²) in [5, 5.41) is 7.83. The minimum Gasteiger partial charge on any atom is -0.383 e. The van der Waals surface area contributed by atoms with Crippen molar-refractivity contribution in [2.75, 3.05) is 31.5 Å². The fourth-order valence-corrected chi connectivity index (χ4v) is 5.89. The molecule has 10 heteroatoms. The van der Waals surface area contributed by atoms with E-state index in [4.69, 9.17) is 11.6 Å². The van der Waals surface area contributed by atoms with Gasteiger partial charge < -0.3 is 10.6 Å². The molecule has 1 aliphatic heterocycles. The van der Waals surface area contributed by atoms with Crippen molar-refractivity contribution in [1.82, 2.24) is 14.6 Å². The summed E-state index contributed by atoms with van der Waals surface area (Å²) in [5.41, 5.74) is 1.71. The third-order valence-corrected chi connectivity index (χ3v) is 8.29. The maximum atomic E-state index is 13.0. The summed E-state index contributed by atoms with van der Waals surface area (Å²) in [6.07, 6.45) is 3.03. The van der Waals surface area contributed by atoms with Crippen LogP contribution in [0, 0.1) is 5.92 Å². The van der Waals surface area contributed by atoms with Gasteiger partial charge in [0, 0.05) is 52.9 Å². The molecule has 0 unspecified atom stereocenters. The van der Waals surface area contributed by atoms with E-state index < -0.39 is 10.0 Å². The minimum absolute atomic E-state index is 0.126. The molecule has 174 valence electrons. The molecule has 0 aliphatic carbocycles. The van der Waals surface area contributed by atoms with Gasteiger partial charge >= 0.3 is 0 Å². The van der Waals surface area contributed by atoms with E-state index in [1.54, 1.807) is 36.5 Å². The van der Waals surface area contributed by atoms with Crippen molar-refractivity contribution in [3.8, 4) is 0 Å². The molecule has 1 fully saturated rings. The van der Waals surface area contributed by atoms with Crippen molar-refractivity contribution in [3.05, 3.63) is 64.2 Å². The summed E-state index contributed by atoms with van der Waals surface area (Å²) < 4.78 is 28.2. The number of aromatic nitrogens is 1. The van der Waals surface area contributed by atoms with Gasteiger partial charge in [0.25, 0.3) is 0 Å². The molecule has 0 saturated carbocycles. The van der Waals surface area contributed by atoms with E-state index in [0.29, 0.717) is 37.5 Å². The van der Waals surface area contributed by atoms with Crippen molar-refractivity contribution < 1.29 is 13.2 Å². The molecule has 2 N–H and O–H groups in total. The molecule has 2 aromatic carbocycles. The zero-order valence-corrected chi connectivity index (χ0v) is 21.0. The standard InChI is InChI=1S/C23H24BrClN4O3S/c24-17-3-6-19(7-4-17)33(31,32)29-13-1-2-16(15-29)23(30)28-12-11-27-21-9-10-26-22-14-18(25)5-8-20(21)22/h3-10,14,16H,1-2,11-13,15H2,(H,26,27)(H,28,30)/t16-/m0/s1. The second-order valence-corrected chi connectivity index (χ2v) is 11.2. The lowest BCUT2D eigenvalue weighted by atomic mass is 9.99. The van der Waals surface area contributed by atoms with Gasteiger partial charge in [-0.3, -0.25) is 9.78 Å². The average molecular weight is 552 g/mol. The quantitative estimate of drug-likeness (QED) is 0.428. The molecule has 7 nitrogen and oxygen atoms in total. The fraction of sp³-hybridized carbons (Fsp3) is 0.304. The van der Waals surface area contributed by atoms with Gasteiger partial charge in [-0.05, 0) is 61.4 Å². The third-order valence-electron chi connectivity index (χ3n) is 5.65. The molecule has 0 spiro atoms. The zero-order chi connectivity index (χ0) is 23.4. The molecule has 1 amide bonds. The molecule has 3 aromatic rings. The summed E-state index contributed by atoms with van der Waals surface area (Å²) in [5.74, 6) is -0.494. The highest BCUT2D eigenvalue weighted by Crippen LogP contribution is 2.26. The predicted octanol–water partition coefficient (Wildman–Crippen LogP) is 4.28. The third kappa shape index (κ3) is 5.66. The second-order valence-electron chi connectivity index (χ2n) is 7.89. The number of piperidine rings is 1. The van der Waals surface area contributed by atoms with Crippen LogP contribution in [0.15, 0.2) is 64.1 Å². The highest BCUT2D eigenvalue weighted by Gasteiger charge is 2.33. The zero-order valence-electron chi connectivity index (χ0n) is 17.8. The highest BCUT2D eigenvalue weighted by atomic mass is 79.9. The number of halogens is 2. The number of fused-ring (bicyclic) bond motifs is 1. The first kappa shape index (κ1) is 23.9. The van der Waals surface area contributed by atoms with Crippen LogP contribution in [0.3, 0.4) is 0 Å². The molecule has 1 atom stereocenters. The van der Waals surface area contributed by atoms with Gasteiger partial charge in [-0.1, -0.05) is 27.5 Å². The maximum Gasteiger partial charge on any atom is 0.243 e. The Labute approximate surface area is 206 Å². The maximum absolute atomic E-state index is 13.0. The van der Waals surface area contributed by atoms with Crippen molar-refractivity contribution in [2.24, 2.45) is 5.92 Å². The summed E-state index contributed by atoms with van der Waals surface area (Å²) in [4.78, 5) is 17.3. The lowest BCUT2D eigenvalue weighted by molar-refractivity contribution is -0.125. The number of nitrogens with zero attached hydrogens (tertiary/aromatic N) is 2. The number of rotatable bonds is 7. The topological polar surface area (TPSA) is 91.4 Å². The van der Waals surface area contributed by atoms with E-state index >= 15 is 0 Å². The highest BCUT2D eigenvalue weighted by molar-refractivity contribution is 9.10. The summed E-state index contributed by atoms with van der Waals surface area (Å²) >= 11 is 9.36. The first-order valence-corrected chi connectivity index (χ1v) is 13.3. The van der Waals surface area contributed by atoms with Crippen LogP contribution in [0.5, 0.6) is 0 Å². The van der Waals surface area contributed by atoms with Crippen LogP contribution in [0.1, 0.15) is 12.8 Å². The van der Waals surface area contributed by atoms with Crippen molar-refractivity contribution >= 4 is 60.1 Å². The molecule has 1 saturated heterocycles. The Morgan fingerprint density at radius 2 is 1.94 bits per heavy atom. The number of sulfonamides is 1. The molecule has 1 aliphatic rings. The van der Waals surface area contributed by atoms with Crippen LogP contribution in [-0.2, 0) is 14.8 Å². The lowest BCUT2D eigenvalue weighted by Gasteiger charge is -2.31. The van der Waals surface area contributed by atoms with Crippen LogP contribution in [0.2, 0.25) is 5.02 Å². The van der Waals surface area contributed by atoms with Gasteiger partial charge in [-0.25, -0.2) is 8.42 Å². The van der Waals surface area contributed by atoms with E-state index in [2.05, 4.69) is 31.5 Å². The van der Waals surface area contributed by atoms with E-state index in [9.17, 15) is 13.2 Å². The monoisotopic (exact) mass is 550 g/mol. The first-order chi connectivity index (χ1) is 15.8. The smallest absolute Gasteiger partial charge is 0.243 e. The first-order valence-electron chi connectivity index (χ1n) is 10.7. The van der Waals surface area contributed by atoms with Gasteiger partial charge in [-0.2, -0.15) is 4.31 Å². The number of anilines is 1. The molecule has 0 radical (unpaired) electrons. The summed E-state index contributed by atoms with van der Waals surface area (Å²) in [6.45, 7) is 1.56. The predicted molar refractivity (Wildman–Crippen MR) is 134 cm³/mol. The van der Waals surface area contributed by atoms with Crippen LogP contribution in [-0.4, -0.2) is 49.8 Å². The molecule has 4 rings (SSSR count).